The van der Waals surface area contributed by atoms with Gasteiger partial charge in [-0.25, -0.2) is 0 Å². The Labute approximate surface area is 251 Å². The summed E-state index contributed by atoms with van der Waals surface area (Å²) in [6.45, 7) is 28.1. The second-order valence-corrected chi connectivity index (χ2v) is 30.5. The van der Waals surface area contributed by atoms with Crippen molar-refractivity contribution < 1.29 is 0 Å². The normalized spacial score (nSPS) is 12.5. The molecule has 0 aliphatic rings. The first-order chi connectivity index (χ1) is 15.4. The van der Waals surface area contributed by atoms with Gasteiger partial charge >= 0.3 is 0 Å². The fourth-order valence-electron chi connectivity index (χ4n) is 5.69. The topological polar surface area (TPSA) is 0 Å². The summed E-state index contributed by atoms with van der Waals surface area (Å²) >= 11 is 20.6. The van der Waals surface area contributed by atoms with E-state index < -0.39 is 15.5 Å². The molecule has 8 heteroatoms. The van der Waals surface area contributed by atoms with Crippen LogP contribution in [-0.2, 0) is 0 Å². The van der Waals surface area contributed by atoms with Crippen LogP contribution in [0.15, 0.2) is 35.6 Å². The van der Waals surface area contributed by atoms with Crippen molar-refractivity contribution in [3.8, 4) is 0 Å². The molecule has 0 bridgehead atoms. The van der Waals surface area contributed by atoms with Gasteiger partial charge in [0.25, 0.3) is 0 Å². The van der Waals surface area contributed by atoms with Gasteiger partial charge in [-0.05, 0) is 104 Å². The van der Waals surface area contributed by atoms with Gasteiger partial charge in [-0.15, -0.1) is 22.7 Å². The Bertz CT molecular complexity index is 770. The minimum atomic E-state index is -1.51. The van der Waals surface area contributed by atoms with E-state index in [1.54, 1.807) is 15.8 Å². The third-order valence-corrected chi connectivity index (χ3v) is 28.0. The van der Waals surface area contributed by atoms with Gasteiger partial charge in [-0.1, -0.05) is 89.2 Å². The van der Waals surface area contributed by atoms with Crippen LogP contribution in [0, 0.1) is 0 Å². The lowest BCUT2D eigenvalue weighted by Gasteiger charge is -2.42. The SMILES string of the molecule is Brc1ccc(Br)s1.CC(C)[Si](Cl)(C(C)C)C(C)C.CC(C)[Si](c1ccc(Br)s1)(C(C)C)C(C)C. The zero-order valence-corrected chi connectivity index (χ0v) is 32.2. The lowest BCUT2D eigenvalue weighted by Crippen LogP contribution is -2.54. The monoisotopic (exact) mass is 750 g/mol. The average molecular weight is 754 g/mol. The number of halogens is 4. The van der Waals surface area contributed by atoms with Crippen LogP contribution in [0.25, 0.3) is 0 Å². The third kappa shape index (κ3) is 9.39. The number of rotatable bonds is 7. The van der Waals surface area contributed by atoms with Crippen molar-refractivity contribution in [3.05, 3.63) is 35.6 Å². The summed E-state index contributed by atoms with van der Waals surface area (Å²) in [5.74, 6) is 0. The first kappa shape index (κ1) is 35.6. The van der Waals surface area contributed by atoms with Crippen LogP contribution in [-0.4, -0.2) is 15.5 Å². The highest BCUT2D eigenvalue weighted by Crippen LogP contribution is 2.44. The summed E-state index contributed by atoms with van der Waals surface area (Å²) in [6, 6.07) is 8.60. The minimum Gasteiger partial charge on any atom is -0.166 e. The van der Waals surface area contributed by atoms with Crippen molar-refractivity contribution in [2.45, 2.75) is 116 Å². The summed E-state index contributed by atoms with van der Waals surface area (Å²) in [7, 11) is -2.90. The van der Waals surface area contributed by atoms with Crippen LogP contribution >= 0.6 is 81.5 Å². The molecule has 0 aliphatic heterocycles. The van der Waals surface area contributed by atoms with Crippen LogP contribution in [0.1, 0.15) is 83.1 Å². The summed E-state index contributed by atoms with van der Waals surface area (Å²) in [6.07, 6.45) is 0. The van der Waals surface area contributed by atoms with Gasteiger partial charge < -0.3 is 0 Å². The van der Waals surface area contributed by atoms with E-state index in [4.69, 9.17) is 11.1 Å². The molecule has 0 radical (unpaired) electrons. The average Bonchev–Trinajstić information content (AvgIpc) is 3.28. The Balaban J connectivity index is 0.000000522. The van der Waals surface area contributed by atoms with Crippen molar-refractivity contribution in [1.29, 1.82) is 0 Å². The van der Waals surface area contributed by atoms with Gasteiger partial charge in [0.05, 0.1) is 11.4 Å². The van der Waals surface area contributed by atoms with E-state index in [9.17, 15) is 0 Å². The zero-order chi connectivity index (χ0) is 27.0. The van der Waals surface area contributed by atoms with E-state index in [1.165, 1.54) is 11.4 Å². The molecular weight excluding hydrogens is 708 g/mol. The van der Waals surface area contributed by atoms with Gasteiger partial charge in [-0.2, -0.15) is 11.1 Å². The largest absolute Gasteiger partial charge is 0.166 e. The van der Waals surface area contributed by atoms with Crippen molar-refractivity contribution >= 4 is 102 Å². The second-order valence-electron chi connectivity index (χ2n) is 10.8. The maximum atomic E-state index is 6.68. The molecule has 2 rings (SSSR count). The van der Waals surface area contributed by atoms with Crippen LogP contribution in [0.3, 0.4) is 0 Å². The Morgan fingerprint density at radius 3 is 0.971 bits per heavy atom. The maximum Gasteiger partial charge on any atom is 0.164 e. The summed E-state index contributed by atoms with van der Waals surface area (Å²) in [5, 5.41) is 0. The first-order valence-electron chi connectivity index (χ1n) is 12.3. The molecule has 0 saturated heterocycles. The molecule has 0 nitrogen and oxygen atoms in total. The highest BCUT2D eigenvalue weighted by atomic mass is 79.9. The molecule has 198 valence electrons. The lowest BCUT2D eigenvalue weighted by atomic mass is 10.5. The predicted molar refractivity (Wildman–Crippen MR) is 179 cm³/mol. The molecule has 0 N–H and O–H groups in total. The van der Waals surface area contributed by atoms with Crippen molar-refractivity contribution in [1.82, 2.24) is 0 Å². The highest BCUT2D eigenvalue weighted by Gasteiger charge is 2.45. The smallest absolute Gasteiger partial charge is 0.164 e. The van der Waals surface area contributed by atoms with Crippen LogP contribution < -0.4 is 4.50 Å². The van der Waals surface area contributed by atoms with E-state index in [-0.39, 0.29) is 0 Å². The minimum absolute atomic E-state index is 0.684. The molecular formula is C26H46Br3ClS2Si2. The molecule has 0 aliphatic carbocycles. The first-order valence-corrected chi connectivity index (χ1v) is 21.8. The fourth-order valence-corrected chi connectivity index (χ4v) is 22.9. The molecule has 34 heavy (non-hydrogen) atoms. The lowest BCUT2D eigenvalue weighted by molar-refractivity contribution is 0.837. The number of hydrogen-bond acceptors (Lipinski definition) is 2. The van der Waals surface area contributed by atoms with E-state index in [2.05, 4.69) is 143 Å². The molecule has 0 fully saturated rings. The molecule has 0 atom stereocenters. The Morgan fingerprint density at radius 1 is 0.529 bits per heavy atom. The van der Waals surface area contributed by atoms with Gasteiger partial charge in [0.2, 0.25) is 0 Å². The second kappa shape index (κ2) is 15.9. The maximum absolute atomic E-state index is 6.68. The van der Waals surface area contributed by atoms with E-state index in [1.807, 2.05) is 23.5 Å². The Morgan fingerprint density at radius 2 is 0.824 bits per heavy atom. The van der Waals surface area contributed by atoms with Crippen LogP contribution in [0.4, 0.5) is 0 Å². The van der Waals surface area contributed by atoms with Gasteiger partial charge in [0.15, 0.2) is 7.38 Å². The number of hydrogen-bond donors (Lipinski definition) is 0. The van der Waals surface area contributed by atoms with E-state index >= 15 is 0 Å². The van der Waals surface area contributed by atoms with E-state index in [0.717, 1.165) is 16.6 Å². The van der Waals surface area contributed by atoms with Gasteiger partial charge in [-0.3, -0.25) is 0 Å². The van der Waals surface area contributed by atoms with Gasteiger partial charge in [0, 0.05) is 0 Å². The molecule has 2 aromatic rings. The van der Waals surface area contributed by atoms with Crippen molar-refractivity contribution in [2.75, 3.05) is 0 Å². The predicted octanol–water partition coefficient (Wildman–Crippen LogP) is 13.1. The Hall–Kier alpha value is 1.56. The van der Waals surface area contributed by atoms with Crippen LogP contribution in [0.5, 0.6) is 0 Å². The molecule has 0 spiro atoms. The van der Waals surface area contributed by atoms with Gasteiger partial charge in [0.1, 0.15) is 8.07 Å². The zero-order valence-electron chi connectivity index (χ0n) is 23.1. The van der Waals surface area contributed by atoms with E-state index in [0.29, 0.717) is 16.6 Å². The quantitative estimate of drug-likeness (QED) is 0.195. The Kier molecular flexibility index (Phi) is 16.6. The summed E-state index contributed by atoms with van der Waals surface area (Å²) < 4.78 is 5.28. The van der Waals surface area contributed by atoms with Crippen molar-refractivity contribution in [3.63, 3.8) is 0 Å². The molecule has 0 unspecified atom stereocenters. The third-order valence-electron chi connectivity index (χ3n) is 7.06. The molecule has 2 aromatic heterocycles. The summed E-state index contributed by atoms with van der Waals surface area (Å²) in [4.78, 5) is 0. The standard InChI is InChI=1S/C13H23BrSSi.C9H21ClSi.C4H2Br2S/c1-9(2)16(10(3)4,11(5)6)13-8-7-12(14)15-13;1-7(2)11(10,8(3)4)9(5)6;5-3-1-2-4(6)7-3/h7-11H,1-6H3;7-9H,1-6H3;1-2H. The molecule has 2 heterocycles. The highest BCUT2D eigenvalue weighted by molar-refractivity contribution is 9.12. The summed E-state index contributed by atoms with van der Waals surface area (Å²) in [5.41, 5.74) is 4.46. The fraction of sp³-hybridized carbons (Fsp3) is 0.692. The van der Waals surface area contributed by atoms with Crippen LogP contribution in [0.2, 0.25) is 33.2 Å². The van der Waals surface area contributed by atoms with Crippen molar-refractivity contribution in [2.24, 2.45) is 0 Å². The molecule has 0 saturated carbocycles. The molecule has 0 aromatic carbocycles. The number of thiophene rings is 2. The molecule has 0 amide bonds.